The highest BCUT2D eigenvalue weighted by atomic mass is 19.1. The molecule has 1 aliphatic heterocycles. The Bertz CT molecular complexity index is 276. The van der Waals surface area contributed by atoms with E-state index in [1.54, 1.807) is 6.92 Å². The molecule has 1 aromatic rings. The van der Waals surface area contributed by atoms with Crippen LogP contribution in [-0.4, -0.2) is 6.61 Å². The monoisotopic (exact) mass is 166 g/mol. The van der Waals surface area contributed by atoms with Crippen molar-refractivity contribution in [3.63, 3.8) is 0 Å². The second-order valence-corrected chi connectivity index (χ2v) is 3.16. The third kappa shape index (κ3) is 1.17. The minimum absolute atomic E-state index is 0.171. The van der Waals surface area contributed by atoms with Crippen LogP contribution in [0.25, 0.3) is 0 Å². The Hall–Kier alpha value is -1.05. The second kappa shape index (κ2) is 2.77. The Kier molecular flexibility index (Phi) is 1.75. The average Bonchev–Trinajstić information content (AvgIpc) is 2.07. The summed E-state index contributed by atoms with van der Waals surface area (Å²) >= 11 is 0. The Balaban J connectivity index is 2.49. The summed E-state index contributed by atoms with van der Waals surface area (Å²) in [4.78, 5) is 0. The number of rotatable bonds is 0. The fourth-order valence-electron chi connectivity index (χ4n) is 1.50. The van der Waals surface area contributed by atoms with Gasteiger partial charge in [0.05, 0.1) is 6.61 Å². The van der Waals surface area contributed by atoms with E-state index in [4.69, 9.17) is 4.74 Å². The summed E-state index contributed by atoms with van der Waals surface area (Å²) in [6.45, 7) is 2.50. The fourth-order valence-corrected chi connectivity index (χ4v) is 1.50. The highest BCUT2D eigenvalue weighted by molar-refractivity contribution is 5.38. The second-order valence-electron chi connectivity index (χ2n) is 3.16. The molecule has 0 spiro atoms. The number of aryl methyl sites for hydroxylation is 2. The van der Waals surface area contributed by atoms with E-state index in [1.165, 1.54) is 6.07 Å². The van der Waals surface area contributed by atoms with Gasteiger partial charge in [-0.3, -0.25) is 0 Å². The quantitative estimate of drug-likeness (QED) is 0.575. The van der Waals surface area contributed by atoms with E-state index in [2.05, 4.69) is 0 Å². The Morgan fingerprint density at radius 2 is 2.25 bits per heavy atom. The largest absolute Gasteiger partial charge is 0.493 e. The maximum atomic E-state index is 13.0. The van der Waals surface area contributed by atoms with Gasteiger partial charge >= 0.3 is 0 Å². The normalized spacial score (nSPS) is 15.2. The fraction of sp³-hybridized carbons (Fsp3) is 0.400. The van der Waals surface area contributed by atoms with Crippen molar-refractivity contribution in [2.24, 2.45) is 0 Å². The van der Waals surface area contributed by atoms with Crippen molar-refractivity contribution in [3.05, 3.63) is 29.1 Å². The number of hydrogen-bond donors (Lipinski definition) is 0. The lowest BCUT2D eigenvalue weighted by Crippen LogP contribution is -2.08. The average molecular weight is 166 g/mol. The van der Waals surface area contributed by atoms with Gasteiger partial charge in [-0.15, -0.1) is 0 Å². The molecule has 0 aromatic heterocycles. The van der Waals surface area contributed by atoms with Crippen LogP contribution in [0.1, 0.15) is 17.5 Å². The number of halogens is 1. The van der Waals surface area contributed by atoms with Gasteiger partial charge in [-0.05, 0) is 37.0 Å². The first-order chi connectivity index (χ1) is 5.77. The zero-order chi connectivity index (χ0) is 8.55. The first kappa shape index (κ1) is 7.59. The SMILES string of the molecule is Cc1cc2c(cc1F)OCCC2. The Morgan fingerprint density at radius 1 is 1.42 bits per heavy atom. The third-order valence-electron chi connectivity index (χ3n) is 2.19. The molecular formula is C10H11FO. The molecule has 12 heavy (non-hydrogen) atoms. The molecule has 1 aromatic carbocycles. The molecule has 2 rings (SSSR count). The van der Waals surface area contributed by atoms with Crippen molar-refractivity contribution in [3.8, 4) is 5.75 Å². The Labute approximate surface area is 71.2 Å². The highest BCUT2D eigenvalue weighted by Gasteiger charge is 2.12. The first-order valence-electron chi connectivity index (χ1n) is 4.19. The molecule has 2 heteroatoms. The molecule has 0 fully saturated rings. The van der Waals surface area contributed by atoms with E-state index in [0.717, 1.165) is 30.8 Å². The summed E-state index contributed by atoms with van der Waals surface area (Å²) in [5.74, 6) is 0.556. The van der Waals surface area contributed by atoms with Crippen LogP contribution in [-0.2, 0) is 6.42 Å². The van der Waals surface area contributed by atoms with Gasteiger partial charge in [0, 0.05) is 6.07 Å². The lowest BCUT2D eigenvalue weighted by Gasteiger charge is -2.17. The summed E-state index contributed by atoms with van der Waals surface area (Å²) in [6, 6.07) is 3.37. The molecule has 1 nitrogen and oxygen atoms in total. The van der Waals surface area contributed by atoms with Gasteiger partial charge in [-0.2, -0.15) is 0 Å². The molecule has 0 amide bonds. The molecule has 64 valence electrons. The van der Waals surface area contributed by atoms with Crippen LogP contribution in [0.2, 0.25) is 0 Å². The van der Waals surface area contributed by atoms with Crippen LogP contribution in [0.15, 0.2) is 12.1 Å². The van der Waals surface area contributed by atoms with Crippen molar-refractivity contribution >= 4 is 0 Å². The molecule has 0 aliphatic carbocycles. The van der Waals surface area contributed by atoms with Crippen LogP contribution < -0.4 is 4.74 Å². The van der Waals surface area contributed by atoms with Crippen LogP contribution in [0, 0.1) is 12.7 Å². The smallest absolute Gasteiger partial charge is 0.129 e. The van der Waals surface area contributed by atoms with Gasteiger partial charge in [0.15, 0.2) is 0 Å². The molecule has 0 bridgehead atoms. The van der Waals surface area contributed by atoms with E-state index in [1.807, 2.05) is 6.07 Å². The lowest BCUT2D eigenvalue weighted by atomic mass is 10.0. The van der Waals surface area contributed by atoms with Crippen molar-refractivity contribution < 1.29 is 9.13 Å². The number of ether oxygens (including phenoxy) is 1. The van der Waals surface area contributed by atoms with Crippen molar-refractivity contribution in [2.75, 3.05) is 6.61 Å². The van der Waals surface area contributed by atoms with E-state index < -0.39 is 0 Å². The van der Waals surface area contributed by atoms with Gasteiger partial charge in [0.2, 0.25) is 0 Å². The number of fused-ring (bicyclic) bond motifs is 1. The predicted octanol–water partition coefficient (Wildman–Crippen LogP) is 2.46. The molecule has 0 saturated carbocycles. The maximum Gasteiger partial charge on any atom is 0.129 e. The minimum atomic E-state index is -0.171. The zero-order valence-electron chi connectivity index (χ0n) is 7.06. The van der Waals surface area contributed by atoms with Gasteiger partial charge in [-0.25, -0.2) is 4.39 Å². The highest BCUT2D eigenvalue weighted by Crippen LogP contribution is 2.27. The van der Waals surface area contributed by atoms with Gasteiger partial charge < -0.3 is 4.74 Å². The van der Waals surface area contributed by atoms with E-state index in [0.29, 0.717) is 5.56 Å². The molecule has 0 atom stereocenters. The molecule has 0 radical (unpaired) electrons. The van der Waals surface area contributed by atoms with E-state index in [9.17, 15) is 4.39 Å². The number of benzene rings is 1. The van der Waals surface area contributed by atoms with Crippen LogP contribution in [0.4, 0.5) is 4.39 Å². The van der Waals surface area contributed by atoms with Gasteiger partial charge in [0.1, 0.15) is 11.6 Å². The molecule has 1 heterocycles. The standard InChI is InChI=1S/C10H11FO/c1-7-5-8-3-2-4-12-10(8)6-9(7)11/h5-6H,2-4H2,1H3. The van der Waals surface area contributed by atoms with E-state index >= 15 is 0 Å². The van der Waals surface area contributed by atoms with Crippen molar-refractivity contribution in [1.29, 1.82) is 0 Å². The van der Waals surface area contributed by atoms with Crippen LogP contribution >= 0.6 is 0 Å². The minimum Gasteiger partial charge on any atom is -0.493 e. The van der Waals surface area contributed by atoms with Crippen LogP contribution in [0.5, 0.6) is 5.75 Å². The Morgan fingerprint density at radius 3 is 3.08 bits per heavy atom. The molecule has 0 saturated heterocycles. The van der Waals surface area contributed by atoms with Gasteiger partial charge in [0.25, 0.3) is 0 Å². The van der Waals surface area contributed by atoms with E-state index in [-0.39, 0.29) is 5.82 Å². The molecule has 0 unspecified atom stereocenters. The van der Waals surface area contributed by atoms with Crippen LogP contribution in [0.3, 0.4) is 0 Å². The predicted molar refractivity (Wildman–Crippen MR) is 45.0 cm³/mol. The maximum absolute atomic E-state index is 13.0. The summed E-state index contributed by atoms with van der Waals surface area (Å²) in [6.07, 6.45) is 2.05. The topological polar surface area (TPSA) is 9.23 Å². The van der Waals surface area contributed by atoms with Gasteiger partial charge in [-0.1, -0.05) is 0 Å². The molecular weight excluding hydrogens is 155 g/mol. The summed E-state index contributed by atoms with van der Waals surface area (Å²) in [5.41, 5.74) is 1.85. The summed E-state index contributed by atoms with van der Waals surface area (Å²) in [5, 5.41) is 0. The van der Waals surface area contributed by atoms with Crippen molar-refractivity contribution in [2.45, 2.75) is 19.8 Å². The third-order valence-corrected chi connectivity index (χ3v) is 2.19. The first-order valence-corrected chi connectivity index (χ1v) is 4.19. The summed E-state index contributed by atoms with van der Waals surface area (Å²) in [7, 11) is 0. The zero-order valence-corrected chi connectivity index (χ0v) is 7.06. The van der Waals surface area contributed by atoms with Crippen molar-refractivity contribution in [1.82, 2.24) is 0 Å². The lowest BCUT2D eigenvalue weighted by molar-refractivity contribution is 0.286. The number of hydrogen-bond acceptors (Lipinski definition) is 1. The molecule has 0 N–H and O–H groups in total. The summed E-state index contributed by atoms with van der Waals surface area (Å²) < 4.78 is 18.3. The molecule has 1 aliphatic rings.